The fourth-order valence-corrected chi connectivity index (χ4v) is 1.68. The van der Waals surface area contributed by atoms with Crippen molar-refractivity contribution in [1.29, 1.82) is 0 Å². The summed E-state index contributed by atoms with van der Waals surface area (Å²) < 4.78 is 16.0. The van der Waals surface area contributed by atoms with Crippen molar-refractivity contribution in [2.75, 3.05) is 39.6 Å². The van der Waals surface area contributed by atoms with E-state index in [1.807, 2.05) is 12.1 Å². The summed E-state index contributed by atoms with van der Waals surface area (Å²) in [7, 11) is 0. The second-order valence-electron chi connectivity index (χ2n) is 4.26. The highest BCUT2D eigenvalue weighted by Crippen LogP contribution is 2.16. The van der Waals surface area contributed by atoms with E-state index in [9.17, 15) is 0 Å². The van der Waals surface area contributed by atoms with Crippen LogP contribution >= 0.6 is 11.6 Å². The van der Waals surface area contributed by atoms with Gasteiger partial charge in [0.15, 0.2) is 5.71 Å². The third-order valence-corrected chi connectivity index (χ3v) is 2.83. The predicted molar refractivity (Wildman–Crippen MR) is 86.6 cm³/mol. The molecule has 0 atom stereocenters. The van der Waals surface area contributed by atoms with Crippen LogP contribution in [0.5, 0.6) is 0 Å². The van der Waals surface area contributed by atoms with Crippen molar-refractivity contribution in [2.24, 2.45) is 4.99 Å². The van der Waals surface area contributed by atoms with E-state index in [4.69, 9.17) is 25.8 Å². The monoisotopic (exact) mass is 317 g/mol. The summed E-state index contributed by atoms with van der Waals surface area (Å²) in [4.78, 5) is 4.40. The molecule has 1 heterocycles. The standard InChI is InChI=1S/C17H16ClNO3/c18-15-5-7-17(8-6-15)19-16-3-1-9-20-11-13-22-14-12-21-10-2-4-16/h5-8H,9-14H2. The van der Waals surface area contributed by atoms with E-state index in [1.54, 1.807) is 12.1 Å². The Morgan fingerprint density at radius 2 is 1.36 bits per heavy atom. The normalized spacial score (nSPS) is 16.5. The molecule has 5 heteroatoms. The van der Waals surface area contributed by atoms with Crippen molar-refractivity contribution in [2.45, 2.75) is 0 Å². The third-order valence-electron chi connectivity index (χ3n) is 2.57. The number of halogens is 1. The number of hydrogen-bond acceptors (Lipinski definition) is 4. The number of aliphatic imine (C=N–C) groups is 1. The van der Waals surface area contributed by atoms with E-state index in [0.29, 0.717) is 50.4 Å². The Balaban J connectivity index is 2.11. The summed E-state index contributed by atoms with van der Waals surface area (Å²) in [6.45, 7) is 2.71. The Morgan fingerprint density at radius 1 is 0.818 bits per heavy atom. The molecule has 4 nitrogen and oxygen atoms in total. The lowest BCUT2D eigenvalue weighted by Gasteiger charge is -2.03. The fourth-order valence-electron chi connectivity index (χ4n) is 1.56. The molecule has 1 aromatic rings. The molecule has 0 aromatic heterocycles. The van der Waals surface area contributed by atoms with Gasteiger partial charge in [0.25, 0.3) is 0 Å². The van der Waals surface area contributed by atoms with Crippen LogP contribution in [0.1, 0.15) is 0 Å². The van der Waals surface area contributed by atoms with Crippen LogP contribution in [0.3, 0.4) is 0 Å². The first-order valence-corrected chi connectivity index (χ1v) is 7.27. The Kier molecular flexibility index (Phi) is 7.52. The van der Waals surface area contributed by atoms with Crippen LogP contribution in [0.25, 0.3) is 0 Å². The second kappa shape index (κ2) is 10.00. The van der Waals surface area contributed by atoms with Gasteiger partial charge in [0, 0.05) is 5.02 Å². The van der Waals surface area contributed by atoms with Gasteiger partial charge in [-0.1, -0.05) is 23.4 Å². The predicted octanol–water partition coefficient (Wildman–Crippen LogP) is 2.48. The van der Waals surface area contributed by atoms with Gasteiger partial charge in [0.1, 0.15) is 13.2 Å². The van der Waals surface area contributed by atoms with Gasteiger partial charge in [0.05, 0.1) is 32.1 Å². The van der Waals surface area contributed by atoms with Gasteiger partial charge in [-0.25, -0.2) is 4.99 Å². The lowest BCUT2D eigenvalue weighted by atomic mass is 10.3. The van der Waals surface area contributed by atoms with Crippen molar-refractivity contribution >= 4 is 23.0 Å². The van der Waals surface area contributed by atoms with Crippen LogP contribution in [-0.4, -0.2) is 45.4 Å². The molecule has 0 amide bonds. The summed E-state index contributed by atoms with van der Waals surface area (Å²) in [5.74, 6) is 11.6. The van der Waals surface area contributed by atoms with Gasteiger partial charge < -0.3 is 14.2 Å². The molecule has 0 saturated carbocycles. The van der Waals surface area contributed by atoms with Gasteiger partial charge in [-0.2, -0.15) is 0 Å². The summed E-state index contributed by atoms with van der Waals surface area (Å²) in [6, 6.07) is 7.18. The Bertz CT molecular complexity index is 587. The van der Waals surface area contributed by atoms with Gasteiger partial charge in [-0.15, -0.1) is 0 Å². The number of hydrogen-bond donors (Lipinski definition) is 0. The summed E-state index contributed by atoms with van der Waals surface area (Å²) in [5.41, 5.74) is 1.22. The number of benzene rings is 1. The summed E-state index contributed by atoms with van der Waals surface area (Å²) in [6.07, 6.45) is 0. The van der Waals surface area contributed by atoms with E-state index >= 15 is 0 Å². The van der Waals surface area contributed by atoms with Crippen LogP contribution in [0, 0.1) is 23.7 Å². The molecule has 1 aliphatic rings. The zero-order chi connectivity index (χ0) is 15.5. The summed E-state index contributed by atoms with van der Waals surface area (Å²) >= 11 is 5.86. The Morgan fingerprint density at radius 3 is 1.95 bits per heavy atom. The number of ether oxygens (including phenoxy) is 3. The second-order valence-corrected chi connectivity index (χ2v) is 4.69. The third kappa shape index (κ3) is 6.76. The zero-order valence-electron chi connectivity index (χ0n) is 12.1. The van der Waals surface area contributed by atoms with Crippen LogP contribution in [0.4, 0.5) is 5.69 Å². The lowest BCUT2D eigenvalue weighted by molar-refractivity contribution is 0.0270. The molecule has 0 radical (unpaired) electrons. The van der Waals surface area contributed by atoms with Crippen LogP contribution in [0.15, 0.2) is 29.3 Å². The minimum Gasteiger partial charge on any atom is -0.377 e. The van der Waals surface area contributed by atoms with Crippen molar-refractivity contribution < 1.29 is 14.2 Å². The molecule has 0 fully saturated rings. The first-order chi connectivity index (χ1) is 10.8. The Hall–Kier alpha value is -1.82. The first kappa shape index (κ1) is 16.5. The molecule has 0 saturated heterocycles. The Labute approximate surface area is 135 Å². The molecule has 0 N–H and O–H groups in total. The molecule has 1 aliphatic heterocycles. The number of nitrogens with zero attached hydrogens (tertiary/aromatic N) is 1. The topological polar surface area (TPSA) is 40.0 Å². The molecule has 114 valence electrons. The molecule has 22 heavy (non-hydrogen) atoms. The van der Waals surface area contributed by atoms with E-state index in [0.717, 1.165) is 5.69 Å². The van der Waals surface area contributed by atoms with Gasteiger partial charge in [-0.05, 0) is 36.1 Å². The van der Waals surface area contributed by atoms with Gasteiger partial charge in [-0.3, -0.25) is 0 Å². The van der Waals surface area contributed by atoms with Crippen LogP contribution in [-0.2, 0) is 14.2 Å². The minimum absolute atomic E-state index is 0.321. The maximum absolute atomic E-state index is 5.86. The van der Waals surface area contributed by atoms with E-state index in [1.165, 1.54) is 0 Å². The molecule has 0 spiro atoms. The minimum atomic E-state index is 0.321. The molecule has 0 aliphatic carbocycles. The summed E-state index contributed by atoms with van der Waals surface area (Å²) in [5, 5.41) is 0.663. The van der Waals surface area contributed by atoms with Crippen molar-refractivity contribution in [3.8, 4) is 23.7 Å². The molecule has 2 rings (SSSR count). The average Bonchev–Trinajstić information content (AvgIpc) is 2.53. The molecular weight excluding hydrogens is 302 g/mol. The highest BCUT2D eigenvalue weighted by Gasteiger charge is 1.95. The largest absolute Gasteiger partial charge is 0.377 e. The smallest absolute Gasteiger partial charge is 0.164 e. The molecule has 1 aromatic carbocycles. The van der Waals surface area contributed by atoms with Crippen molar-refractivity contribution in [3.05, 3.63) is 29.3 Å². The lowest BCUT2D eigenvalue weighted by Crippen LogP contribution is -2.10. The van der Waals surface area contributed by atoms with Crippen LogP contribution in [0.2, 0.25) is 5.02 Å². The van der Waals surface area contributed by atoms with Gasteiger partial charge >= 0.3 is 0 Å². The van der Waals surface area contributed by atoms with Crippen molar-refractivity contribution in [3.63, 3.8) is 0 Å². The zero-order valence-corrected chi connectivity index (χ0v) is 12.9. The van der Waals surface area contributed by atoms with Crippen molar-refractivity contribution in [1.82, 2.24) is 0 Å². The number of rotatable bonds is 1. The van der Waals surface area contributed by atoms with E-state index < -0.39 is 0 Å². The highest BCUT2D eigenvalue weighted by atomic mass is 35.5. The van der Waals surface area contributed by atoms with E-state index in [2.05, 4.69) is 28.7 Å². The SMILES string of the molecule is Clc1ccc(N=C2C#CCOCCOCCOCC#C2)cc1. The maximum atomic E-state index is 5.86. The molecule has 0 bridgehead atoms. The highest BCUT2D eigenvalue weighted by molar-refractivity contribution is 6.30. The maximum Gasteiger partial charge on any atom is 0.164 e. The van der Waals surface area contributed by atoms with Gasteiger partial charge in [0.2, 0.25) is 0 Å². The molecule has 0 unspecified atom stereocenters. The first-order valence-electron chi connectivity index (χ1n) is 6.90. The van der Waals surface area contributed by atoms with Crippen LogP contribution < -0.4 is 0 Å². The quantitative estimate of drug-likeness (QED) is 0.747. The molecular formula is C17H16ClNO3. The average molecular weight is 318 g/mol. The fraction of sp³-hybridized carbons (Fsp3) is 0.353. The van der Waals surface area contributed by atoms with E-state index in [-0.39, 0.29) is 0 Å².